The standard InChI is InChI=1S/C16H20N6O2/c1-12-10-13(14(24-2)19-11-12)20-16(23)22-8-6-21(7-9-22)15-17-4-3-5-18-15/h3-5,10-11H,6-9H2,1-2H3,(H,20,23). The molecule has 0 aromatic carbocycles. The van der Waals surface area contributed by atoms with Crippen LogP contribution in [0.3, 0.4) is 0 Å². The zero-order valence-corrected chi connectivity index (χ0v) is 13.8. The SMILES string of the molecule is COc1ncc(C)cc1NC(=O)N1CCN(c2ncccn2)CC1. The van der Waals surface area contributed by atoms with E-state index in [0.717, 1.165) is 5.56 Å². The van der Waals surface area contributed by atoms with Crippen LogP contribution in [0.2, 0.25) is 0 Å². The van der Waals surface area contributed by atoms with Gasteiger partial charge in [-0.25, -0.2) is 19.7 Å². The fraction of sp³-hybridized carbons (Fsp3) is 0.375. The first-order valence-corrected chi connectivity index (χ1v) is 7.76. The van der Waals surface area contributed by atoms with Crippen molar-refractivity contribution in [2.45, 2.75) is 6.92 Å². The van der Waals surface area contributed by atoms with Gasteiger partial charge in [-0.3, -0.25) is 0 Å². The van der Waals surface area contributed by atoms with E-state index < -0.39 is 0 Å². The first kappa shape index (κ1) is 16.0. The Labute approximate surface area is 140 Å². The van der Waals surface area contributed by atoms with Crippen molar-refractivity contribution in [2.24, 2.45) is 0 Å². The zero-order chi connectivity index (χ0) is 16.9. The lowest BCUT2D eigenvalue weighted by Crippen LogP contribution is -2.50. The number of hydrogen-bond acceptors (Lipinski definition) is 6. The molecule has 1 saturated heterocycles. The van der Waals surface area contributed by atoms with Gasteiger partial charge in [0.15, 0.2) is 0 Å². The minimum Gasteiger partial charge on any atom is -0.480 e. The first-order valence-electron chi connectivity index (χ1n) is 7.76. The summed E-state index contributed by atoms with van der Waals surface area (Å²) in [5, 5.41) is 2.88. The van der Waals surface area contributed by atoms with Crippen LogP contribution < -0.4 is 15.0 Å². The molecule has 3 rings (SSSR count). The largest absolute Gasteiger partial charge is 0.480 e. The Balaban J connectivity index is 1.61. The van der Waals surface area contributed by atoms with Crippen LogP contribution in [0.1, 0.15) is 5.56 Å². The molecular weight excluding hydrogens is 308 g/mol. The molecule has 8 heteroatoms. The van der Waals surface area contributed by atoms with Crippen LogP contribution in [0.5, 0.6) is 5.88 Å². The number of methoxy groups -OCH3 is 1. The van der Waals surface area contributed by atoms with Gasteiger partial charge in [-0.15, -0.1) is 0 Å². The molecule has 0 radical (unpaired) electrons. The lowest BCUT2D eigenvalue weighted by Gasteiger charge is -2.34. The molecule has 1 aliphatic rings. The van der Waals surface area contributed by atoms with Gasteiger partial charge in [0.05, 0.1) is 7.11 Å². The Morgan fingerprint density at radius 1 is 1.17 bits per heavy atom. The van der Waals surface area contributed by atoms with Crippen LogP contribution >= 0.6 is 0 Å². The van der Waals surface area contributed by atoms with E-state index in [1.54, 1.807) is 29.6 Å². The average Bonchev–Trinajstić information content (AvgIpc) is 2.63. The van der Waals surface area contributed by atoms with Gasteiger partial charge in [0, 0.05) is 44.8 Å². The number of rotatable bonds is 3. The number of aromatic nitrogens is 3. The molecule has 8 nitrogen and oxygen atoms in total. The number of nitrogens with zero attached hydrogens (tertiary/aromatic N) is 5. The highest BCUT2D eigenvalue weighted by molar-refractivity contribution is 5.90. The predicted octanol–water partition coefficient (Wildman–Crippen LogP) is 1.54. The van der Waals surface area contributed by atoms with E-state index in [-0.39, 0.29) is 6.03 Å². The molecule has 3 heterocycles. The highest BCUT2D eigenvalue weighted by Gasteiger charge is 2.23. The molecule has 24 heavy (non-hydrogen) atoms. The third-order valence-corrected chi connectivity index (χ3v) is 3.82. The predicted molar refractivity (Wildman–Crippen MR) is 90.4 cm³/mol. The second-order valence-corrected chi connectivity index (χ2v) is 5.52. The van der Waals surface area contributed by atoms with Crippen molar-refractivity contribution >= 4 is 17.7 Å². The number of amides is 2. The maximum atomic E-state index is 12.5. The molecule has 2 aromatic rings. The summed E-state index contributed by atoms with van der Waals surface area (Å²) >= 11 is 0. The summed E-state index contributed by atoms with van der Waals surface area (Å²) in [5.41, 5.74) is 1.54. The molecule has 2 amide bonds. The van der Waals surface area contributed by atoms with Crippen molar-refractivity contribution < 1.29 is 9.53 Å². The molecule has 2 aromatic heterocycles. The molecule has 1 aliphatic heterocycles. The van der Waals surface area contributed by atoms with Crippen molar-refractivity contribution in [3.8, 4) is 5.88 Å². The van der Waals surface area contributed by atoms with Gasteiger partial charge in [0.25, 0.3) is 0 Å². The van der Waals surface area contributed by atoms with Crippen molar-refractivity contribution in [1.29, 1.82) is 0 Å². The number of nitrogens with one attached hydrogen (secondary N) is 1. The third-order valence-electron chi connectivity index (χ3n) is 3.82. The molecule has 126 valence electrons. The second kappa shape index (κ2) is 7.12. The summed E-state index contributed by atoms with van der Waals surface area (Å²) < 4.78 is 5.19. The summed E-state index contributed by atoms with van der Waals surface area (Å²) in [4.78, 5) is 29.0. The number of aryl methyl sites for hydroxylation is 1. The van der Waals surface area contributed by atoms with Gasteiger partial charge < -0.3 is 19.9 Å². The smallest absolute Gasteiger partial charge is 0.322 e. The molecule has 0 saturated carbocycles. The fourth-order valence-corrected chi connectivity index (χ4v) is 2.57. The molecule has 0 aliphatic carbocycles. The van der Waals surface area contributed by atoms with Crippen LogP contribution in [0.4, 0.5) is 16.4 Å². The molecule has 1 N–H and O–H groups in total. The van der Waals surface area contributed by atoms with Gasteiger partial charge >= 0.3 is 6.03 Å². The summed E-state index contributed by atoms with van der Waals surface area (Å²) in [6.07, 6.45) is 5.14. The second-order valence-electron chi connectivity index (χ2n) is 5.52. The van der Waals surface area contributed by atoms with Crippen LogP contribution in [0.25, 0.3) is 0 Å². The number of carbonyl (C=O) groups is 1. The van der Waals surface area contributed by atoms with Crippen LogP contribution in [0.15, 0.2) is 30.7 Å². The molecule has 1 fully saturated rings. The third kappa shape index (κ3) is 3.53. The van der Waals surface area contributed by atoms with E-state index in [1.807, 2.05) is 13.0 Å². The van der Waals surface area contributed by atoms with Crippen molar-refractivity contribution in [3.05, 3.63) is 36.3 Å². The number of urea groups is 1. The lowest BCUT2D eigenvalue weighted by atomic mass is 10.3. The Hall–Kier alpha value is -2.90. The molecule has 0 unspecified atom stereocenters. The van der Waals surface area contributed by atoms with E-state index >= 15 is 0 Å². The molecule has 0 bridgehead atoms. The Kier molecular flexibility index (Phi) is 4.74. The van der Waals surface area contributed by atoms with E-state index in [0.29, 0.717) is 43.7 Å². The lowest BCUT2D eigenvalue weighted by molar-refractivity contribution is 0.207. The molecule has 0 spiro atoms. The van der Waals surface area contributed by atoms with Gasteiger partial charge in [0.1, 0.15) is 5.69 Å². The fourth-order valence-electron chi connectivity index (χ4n) is 2.57. The topological polar surface area (TPSA) is 83.5 Å². The van der Waals surface area contributed by atoms with Crippen molar-refractivity contribution in [3.63, 3.8) is 0 Å². The highest BCUT2D eigenvalue weighted by atomic mass is 16.5. The van der Waals surface area contributed by atoms with E-state index in [1.165, 1.54) is 7.11 Å². The van der Waals surface area contributed by atoms with Crippen LogP contribution in [0, 0.1) is 6.92 Å². The number of hydrogen-bond donors (Lipinski definition) is 1. The van der Waals surface area contributed by atoms with E-state index in [2.05, 4.69) is 25.2 Å². The Bertz CT molecular complexity index is 701. The first-order chi connectivity index (χ1) is 11.7. The van der Waals surface area contributed by atoms with E-state index in [4.69, 9.17) is 4.74 Å². The Morgan fingerprint density at radius 3 is 2.54 bits per heavy atom. The number of carbonyl (C=O) groups excluding carboxylic acids is 1. The maximum absolute atomic E-state index is 12.5. The quantitative estimate of drug-likeness (QED) is 0.920. The number of ether oxygens (including phenoxy) is 1. The van der Waals surface area contributed by atoms with Gasteiger partial charge in [-0.1, -0.05) is 0 Å². The maximum Gasteiger partial charge on any atom is 0.322 e. The number of pyridine rings is 1. The number of piperazine rings is 1. The summed E-state index contributed by atoms with van der Waals surface area (Å²) in [5.74, 6) is 1.10. The summed E-state index contributed by atoms with van der Waals surface area (Å²) in [6, 6.07) is 3.48. The van der Waals surface area contributed by atoms with Crippen molar-refractivity contribution in [1.82, 2.24) is 19.9 Å². The van der Waals surface area contributed by atoms with Crippen molar-refractivity contribution in [2.75, 3.05) is 43.5 Å². The van der Waals surface area contributed by atoms with Gasteiger partial charge in [-0.2, -0.15) is 0 Å². The average molecular weight is 328 g/mol. The molecular formula is C16H20N6O2. The Morgan fingerprint density at radius 2 is 1.88 bits per heavy atom. The summed E-state index contributed by atoms with van der Waals surface area (Å²) in [7, 11) is 1.53. The number of anilines is 2. The van der Waals surface area contributed by atoms with Gasteiger partial charge in [-0.05, 0) is 24.6 Å². The van der Waals surface area contributed by atoms with Crippen LogP contribution in [-0.2, 0) is 0 Å². The minimum atomic E-state index is -0.158. The highest BCUT2D eigenvalue weighted by Crippen LogP contribution is 2.22. The van der Waals surface area contributed by atoms with Gasteiger partial charge in [0.2, 0.25) is 11.8 Å². The normalized spacial score (nSPS) is 14.4. The summed E-state index contributed by atoms with van der Waals surface area (Å²) in [6.45, 7) is 4.51. The minimum absolute atomic E-state index is 0.158. The van der Waals surface area contributed by atoms with E-state index in [9.17, 15) is 4.79 Å². The molecule has 0 atom stereocenters. The monoisotopic (exact) mass is 328 g/mol. The zero-order valence-electron chi connectivity index (χ0n) is 13.8. The van der Waals surface area contributed by atoms with Crippen LogP contribution in [-0.4, -0.2) is 59.2 Å².